The molecule has 6 heteroatoms. The molecular formula is C16H17N3O3. The fourth-order valence-corrected chi connectivity index (χ4v) is 2.72. The number of carbonyl (C=O) groups is 2. The number of carboxylic acid groups (broad SMARTS) is 1. The van der Waals surface area contributed by atoms with Crippen LogP contribution in [0.2, 0.25) is 0 Å². The molecular weight excluding hydrogens is 282 g/mol. The van der Waals surface area contributed by atoms with Crippen LogP contribution in [0.15, 0.2) is 24.3 Å². The van der Waals surface area contributed by atoms with Crippen LogP contribution in [0.25, 0.3) is 11.3 Å². The summed E-state index contributed by atoms with van der Waals surface area (Å²) < 4.78 is 1.50. The first-order valence-electron chi connectivity index (χ1n) is 7.11. The summed E-state index contributed by atoms with van der Waals surface area (Å²) in [5.41, 5.74) is 3.44. The first-order valence-corrected chi connectivity index (χ1v) is 7.11. The smallest absolute Gasteiger partial charge is 0.354 e. The fourth-order valence-electron chi connectivity index (χ4n) is 2.72. The lowest BCUT2D eigenvalue weighted by atomic mass is 10.1. The van der Waals surface area contributed by atoms with Gasteiger partial charge in [0.15, 0.2) is 0 Å². The summed E-state index contributed by atoms with van der Waals surface area (Å²) in [5, 5.41) is 13.7. The highest BCUT2D eigenvalue weighted by atomic mass is 16.4. The number of aromatic carboxylic acids is 1. The van der Waals surface area contributed by atoms with Gasteiger partial charge in [-0.25, -0.2) is 4.79 Å². The van der Waals surface area contributed by atoms with Crippen molar-refractivity contribution in [1.29, 1.82) is 0 Å². The maximum absolute atomic E-state index is 11.7. The summed E-state index contributed by atoms with van der Waals surface area (Å²) in [6.45, 7) is 3.78. The average Bonchev–Trinajstić information content (AvgIpc) is 3.02. The van der Waals surface area contributed by atoms with Crippen LogP contribution in [0, 0.1) is 0 Å². The SMILES string of the molecule is CC(C)n1nc(-c2ccc3c(c2)CC(=O)N3C)cc1C(=O)O. The van der Waals surface area contributed by atoms with E-state index in [2.05, 4.69) is 5.10 Å². The molecule has 0 spiro atoms. The highest BCUT2D eigenvalue weighted by Crippen LogP contribution is 2.32. The van der Waals surface area contributed by atoms with E-state index in [1.165, 1.54) is 4.68 Å². The van der Waals surface area contributed by atoms with Gasteiger partial charge in [-0.2, -0.15) is 5.10 Å². The number of aromatic nitrogens is 2. The van der Waals surface area contributed by atoms with Crippen molar-refractivity contribution in [2.45, 2.75) is 26.3 Å². The van der Waals surface area contributed by atoms with Crippen molar-refractivity contribution < 1.29 is 14.7 Å². The topological polar surface area (TPSA) is 75.4 Å². The Balaban J connectivity index is 2.06. The van der Waals surface area contributed by atoms with E-state index >= 15 is 0 Å². The van der Waals surface area contributed by atoms with Gasteiger partial charge in [0.25, 0.3) is 0 Å². The van der Waals surface area contributed by atoms with Gasteiger partial charge >= 0.3 is 5.97 Å². The number of benzene rings is 1. The van der Waals surface area contributed by atoms with E-state index in [1.54, 1.807) is 18.0 Å². The molecule has 0 radical (unpaired) electrons. The second-order valence-electron chi connectivity index (χ2n) is 5.73. The Bertz CT molecular complexity index is 777. The van der Waals surface area contributed by atoms with Crippen LogP contribution in [0.4, 0.5) is 5.69 Å². The lowest BCUT2D eigenvalue weighted by Gasteiger charge is -2.10. The fraction of sp³-hybridized carbons (Fsp3) is 0.312. The number of fused-ring (bicyclic) bond motifs is 1. The van der Waals surface area contributed by atoms with Gasteiger partial charge in [-0.05, 0) is 37.6 Å². The zero-order valence-electron chi connectivity index (χ0n) is 12.7. The molecule has 2 heterocycles. The van der Waals surface area contributed by atoms with Crippen LogP contribution in [0.1, 0.15) is 35.9 Å². The molecule has 0 atom stereocenters. The number of amides is 1. The number of anilines is 1. The van der Waals surface area contributed by atoms with E-state index in [1.807, 2.05) is 32.0 Å². The van der Waals surface area contributed by atoms with Gasteiger partial charge in [0.1, 0.15) is 5.69 Å². The van der Waals surface area contributed by atoms with Gasteiger partial charge in [-0.3, -0.25) is 9.48 Å². The van der Waals surface area contributed by atoms with E-state index < -0.39 is 5.97 Å². The van der Waals surface area contributed by atoms with Crippen LogP contribution < -0.4 is 4.90 Å². The van der Waals surface area contributed by atoms with Crippen LogP contribution in [0.5, 0.6) is 0 Å². The molecule has 1 aromatic carbocycles. The number of hydrogen-bond acceptors (Lipinski definition) is 3. The van der Waals surface area contributed by atoms with Crippen LogP contribution in [-0.4, -0.2) is 33.8 Å². The molecule has 0 saturated heterocycles. The van der Waals surface area contributed by atoms with Gasteiger partial charge in [-0.15, -0.1) is 0 Å². The molecule has 1 amide bonds. The average molecular weight is 299 g/mol. The number of carbonyl (C=O) groups excluding carboxylic acids is 1. The van der Waals surface area contributed by atoms with Gasteiger partial charge in [-0.1, -0.05) is 6.07 Å². The minimum atomic E-state index is -0.997. The van der Waals surface area contributed by atoms with Crippen molar-refractivity contribution in [2.75, 3.05) is 11.9 Å². The molecule has 1 aliphatic rings. The van der Waals surface area contributed by atoms with Gasteiger partial charge in [0.05, 0.1) is 12.1 Å². The Morgan fingerprint density at radius 1 is 1.32 bits per heavy atom. The quantitative estimate of drug-likeness (QED) is 0.944. The van der Waals surface area contributed by atoms with Crippen molar-refractivity contribution in [3.63, 3.8) is 0 Å². The Hall–Kier alpha value is -2.63. The Kier molecular flexibility index (Phi) is 3.24. The third kappa shape index (κ3) is 2.16. The maximum Gasteiger partial charge on any atom is 0.354 e. The van der Waals surface area contributed by atoms with Crippen molar-refractivity contribution in [1.82, 2.24) is 9.78 Å². The van der Waals surface area contributed by atoms with Crippen LogP contribution in [-0.2, 0) is 11.2 Å². The molecule has 22 heavy (non-hydrogen) atoms. The van der Waals surface area contributed by atoms with E-state index in [-0.39, 0.29) is 17.6 Å². The van der Waals surface area contributed by atoms with Crippen molar-refractivity contribution in [2.24, 2.45) is 0 Å². The highest BCUT2D eigenvalue weighted by Gasteiger charge is 2.25. The molecule has 0 fully saturated rings. The van der Waals surface area contributed by atoms with Crippen molar-refractivity contribution >= 4 is 17.6 Å². The molecule has 6 nitrogen and oxygen atoms in total. The van der Waals surface area contributed by atoms with Crippen LogP contribution >= 0.6 is 0 Å². The third-order valence-electron chi connectivity index (χ3n) is 3.90. The minimum Gasteiger partial charge on any atom is -0.477 e. The van der Waals surface area contributed by atoms with Crippen molar-refractivity contribution in [3.8, 4) is 11.3 Å². The van der Waals surface area contributed by atoms with E-state index in [0.29, 0.717) is 12.1 Å². The lowest BCUT2D eigenvalue weighted by Crippen LogP contribution is -2.20. The second kappa shape index (κ2) is 4.98. The van der Waals surface area contributed by atoms with E-state index in [4.69, 9.17) is 0 Å². The predicted octanol–water partition coefficient (Wildman–Crippen LogP) is 2.35. The minimum absolute atomic E-state index is 0.0398. The first kappa shape index (κ1) is 14.3. The largest absolute Gasteiger partial charge is 0.477 e. The molecule has 1 aliphatic heterocycles. The number of carboxylic acids is 1. The second-order valence-corrected chi connectivity index (χ2v) is 5.73. The molecule has 114 valence electrons. The molecule has 2 aromatic rings. The van der Waals surface area contributed by atoms with Crippen LogP contribution in [0.3, 0.4) is 0 Å². The molecule has 0 saturated carbocycles. The maximum atomic E-state index is 11.7. The Morgan fingerprint density at radius 3 is 2.64 bits per heavy atom. The third-order valence-corrected chi connectivity index (χ3v) is 3.90. The molecule has 0 bridgehead atoms. The van der Waals surface area contributed by atoms with E-state index in [9.17, 15) is 14.7 Å². The summed E-state index contributed by atoms with van der Waals surface area (Å²) in [7, 11) is 1.75. The zero-order valence-corrected chi connectivity index (χ0v) is 12.7. The molecule has 1 aromatic heterocycles. The molecule has 1 N–H and O–H groups in total. The number of nitrogens with zero attached hydrogens (tertiary/aromatic N) is 3. The van der Waals surface area contributed by atoms with Gasteiger partial charge in [0, 0.05) is 24.3 Å². The standard InChI is InChI=1S/C16H17N3O3/c1-9(2)19-14(16(21)22)8-12(17-19)10-4-5-13-11(6-10)7-15(20)18(13)3/h4-6,8-9H,7H2,1-3H3,(H,21,22). The van der Waals surface area contributed by atoms with E-state index in [0.717, 1.165) is 16.8 Å². The monoisotopic (exact) mass is 299 g/mol. The number of hydrogen-bond donors (Lipinski definition) is 1. The number of rotatable bonds is 3. The van der Waals surface area contributed by atoms with Gasteiger partial charge < -0.3 is 10.0 Å². The predicted molar refractivity (Wildman–Crippen MR) is 82.1 cm³/mol. The summed E-state index contributed by atoms with van der Waals surface area (Å²) in [6, 6.07) is 7.19. The lowest BCUT2D eigenvalue weighted by molar-refractivity contribution is -0.117. The summed E-state index contributed by atoms with van der Waals surface area (Å²) in [5.74, 6) is -0.936. The summed E-state index contributed by atoms with van der Waals surface area (Å²) in [6.07, 6.45) is 0.371. The zero-order chi connectivity index (χ0) is 16.0. The Labute approximate surface area is 128 Å². The first-order chi connectivity index (χ1) is 10.4. The van der Waals surface area contributed by atoms with Crippen molar-refractivity contribution in [3.05, 3.63) is 35.5 Å². The Morgan fingerprint density at radius 2 is 2.05 bits per heavy atom. The normalized spacial score (nSPS) is 13.8. The molecule has 0 unspecified atom stereocenters. The summed E-state index contributed by atoms with van der Waals surface area (Å²) in [4.78, 5) is 24.7. The number of likely N-dealkylation sites (N-methyl/N-ethyl adjacent to an activating group) is 1. The summed E-state index contributed by atoms with van der Waals surface area (Å²) >= 11 is 0. The highest BCUT2D eigenvalue weighted by molar-refractivity contribution is 6.01. The molecule has 3 rings (SSSR count). The molecule has 0 aliphatic carbocycles. The van der Waals surface area contributed by atoms with Gasteiger partial charge in [0.2, 0.25) is 5.91 Å².